The van der Waals surface area contributed by atoms with Crippen molar-refractivity contribution in [3.05, 3.63) is 522 Å². The second-order valence-corrected chi connectivity index (χ2v) is 36.9. The molecule has 145 heavy (non-hydrogen) atoms. The van der Waals surface area contributed by atoms with Gasteiger partial charge in [0.15, 0.2) is 23.3 Å². The third-order valence-corrected chi connectivity index (χ3v) is 28.7. The molecule has 0 aliphatic carbocycles. The third-order valence-electron chi connectivity index (χ3n) is 28.7. The Morgan fingerprint density at radius 2 is 0.324 bits per heavy atom. The average Bonchev–Trinajstić information content (AvgIpc) is 1.55. The van der Waals surface area contributed by atoms with Gasteiger partial charge in [-0.1, -0.05) is 370 Å². The van der Waals surface area contributed by atoms with Gasteiger partial charge < -0.3 is 32.0 Å². The van der Waals surface area contributed by atoms with E-state index in [-0.39, 0.29) is 0 Å². The number of fused-ring (bicyclic) bond motifs is 24. The number of benzene rings is 21. The van der Waals surface area contributed by atoms with Crippen LogP contribution < -0.4 is 0 Å². The van der Waals surface area contributed by atoms with E-state index in [1.165, 1.54) is 147 Å². The van der Waals surface area contributed by atoms with Gasteiger partial charge in [0.25, 0.3) is 0 Å². The number of hydrogen-bond donors (Lipinski definition) is 0. The minimum absolute atomic E-state index is 0.631. The Hall–Kier alpha value is -19.7. The van der Waals surface area contributed by atoms with Crippen molar-refractivity contribution in [3.8, 4) is 108 Å². The SMILES string of the molecule is c1ccc(-c2cc(-c3ccccc3)nc(-c3cccc(-n4c5ccccc5c5ccc6c(c7ccccc7n6-c6ccccc6)c54)c3)n2)cc1.c1ccc(-c2nc(-c3ccccc3)nc(-c3cccc(-n4c5ccccc5c5ccc6c(c7ccccc7n6-c6ccccc6)c54)c3)n2)cc1.c1ccc(-n2c3ccccc3c3c2ccc2c4ccccc4n(-c4cccc(-n5c6ccccc6c6ccccc65)c4)c23)cc1. The van der Waals surface area contributed by atoms with Crippen molar-refractivity contribution in [2.75, 3.05) is 0 Å². The highest BCUT2D eigenvalue weighted by Crippen LogP contribution is 2.48. The number of nitrogens with zero attached hydrogens (tertiary/aromatic N) is 12. The first-order chi connectivity index (χ1) is 72.0. The highest BCUT2D eigenvalue weighted by atomic mass is 15.1. The largest absolute Gasteiger partial charge is 0.309 e. The number of para-hydroxylation sites is 11. The summed E-state index contributed by atoms with van der Waals surface area (Å²) in [6, 6.07) is 185. The standard InChI is InChI=1S/C46H30N4.C45H29N5.C42H27N3/c1-4-15-31(16-5-1)39-30-40(32-17-6-2-7-18-32)48-46(47-39)33-19-14-22-35(29-33)50-41-25-12-10-23-36(41)37-27-28-43-44(45(37)50)38-24-11-13-26-42(38)49(43)34-20-8-3-9-21-34;1-4-15-30(16-5-1)43-46-44(31-17-6-2-7-18-31)48-45(47-43)32-19-14-22-34(29-32)50-38-25-12-10-23-35(38)36-27-28-40-41(42(36)50)37-24-11-13-26-39(37)49(40)33-20-8-3-9-21-33;1-2-13-28(14-3-1)43-39-24-11-7-20-35(39)41-40(43)26-25-34-33-19-6-10-23-38(33)45(42(34)41)30-16-12-15-29(27-30)44-36-21-8-4-17-31(36)32-18-5-9-22-37(32)44/h1-30H;1-29H;1-27H. The summed E-state index contributed by atoms with van der Waals surface area (Å²) in [5, 5.41) is 17.4. The fourth-order valence-corrected chi connectivity index (χ4v) is 22.5. The Bertz CT molecular complexity index is 9760. The molecular formula is C133H86N12. The maximum absolute atomic E-state index is 5.15. The molecule has 678 valence electrons. The molecule has 0 atom stereocenters. The van der Waals surface area contributed by atoms with E-state index in [1.54, 1.807) is 0 Å². The molecule has 12 heteroatoms. The molecule has 0 N–H and O–H groups in total. The lowest BCUT2D eigenvalue weighted by molar-refractivity contribution is 1.07. The molecule has 0 aliphatic rings. The third kappa shape index (κ3) is 13.9. The van der Waals surface area contributed by atoms with E-state index in [4.69, 9.17) is 24.9 Å². The lowest BCUT2D eigenvalue weighted by Gasteiger charge is -2.13. The first-order valence-corrected chi connectivity index (χ1v) is 49.2. The summed E-state index contributed by atoms with van der Waals surface area (Å²) in [4.78, 5) is 25.3. The molecule has 0 spiro atoms. The van der Waals surface area contributed by atoms with E-state index in [0.29, 0.717) is 23.3 Å². The Kier molecular flexibility index (Phi) is 20.0. The zero-order valence-electron chi connectivity index (χ0n) is 78.5. The van der Waals surface area contributed by atoms with Crippen LogP contribution in [0.15, 0.2) is 522 Å². The van der Waals surface area contributed by atoms with Crippen molar-refractivity contribution < 1.29 is 0 Å². The highest BCUT2D eigenvalue weighted by molar-refractivity contribution is 6.29. The van der Waals surface area contributed by atoms with Crippen LogP contribution in [0, 0.1) is 0 Å². The maximum Gasteiger partial charge on any atom is 0.164 e. The van der Waals surface area contributed by atoms with Gasteiger partial charge in [-0.2, -0.15) is 0 Å². The van der Waals surface area contributed by atoms with Crippen LogP contribution in [0.2, 0.25) is 0 Å². The number of hydrogen-bond acceptors (Lipinski definition) is 5. The zero-order chi connectivity index (χ0) is 95.5. The van der Waals surface area contributed by atoms with Crippen molar-refractivity contribution >= 4 is 153 Å². The van der Waals surface area contributed by atoms with Gasteiger partial charge in [-0.05, 0) is 152 Å². The van der Waals surface area contributed by atoms with Crippen LogP contribution >= 0.6 is 0 Å². The molecule has 9 aromatic heterocycles. The molecule has 0 saturated carbocycles. The first kappa shape index (κ1) is 83.5. The molecule has 0 radical (unpaired) electrons. The number of aromatic nitrogens is 12. The Morgan fingerprint density at radius 1 is 0.117 bits per heavy atom. The summed E-state index contributed by atoms with van der Waals surface area (Å²) in [6.07, 6.45) is 0. The quantitative estimate of drug-likeness (QED) is 0.115. The summed E-state index contributed by atoms with van der Waals surface area (Å²) < 4.78 is 16.9. The van der Waals surface area contributed by atoms with Crippen LogP contribution in [0.4, 0.5) is 0 Å². The fourth-order valence-electron chi connectivity index (χ4n) is 22.5. The molecule has 0 unspecified atom stereocenters. The van der Waals surface area contributed by atoms with Crippen molar-refractivity contribution in [2.24, 2.45) is 0 Å². The summed E-state index contributed by atoms with van der Waals surface area (Å²) >= 11 is 0. The monoisotopic (exact) mass is 1850 g/mol. The molecule has 0 bridgehead atoms. The maximum atomic E-state index is 5.15. The van der Waals surface area contributed by atoms with Crippen molar-refractivity contribution in [1.29, 1.82) is 0 Å². The smallest absolute Gasteiger partial charge is 0.164 e. The molecule has 21 aromatic carbocycles. The highest BCUT2D eigenvalue weighted by Gasteiger charge is 2.28. The zero-order valence-corrected chi connectivity index (χ0v) is 78.5. The van der Waals surface area contributed by atoms with Crippen LogP contribution in [-0.2, 0) is 0 Å². The molecule has 0 saturated heterocycles. The van der Waals surface area contributed by atoms with Crippen LogP contribution in [0.25, 0.3) is 261 Å². The van der Waals surface area contributed by atoms with Crippen molar-refractivity contribution in [1.82, 2.24) is 56.9 Å². The van der Waals surface area contributed by atoms with E-state index < -0.39 is 0 Å². The van der Waals surface area contributed by atoms with Gasteiger partial charge in [-0.25, -0.2) is 24.9 Å². The molecule has 0 fully saturated rings. The van der Waals surface area contributed by atoms with E-state index in [2.05, 4.69) is 481 Å². The molecule has 12 nitrogen and oxygen atoms in total. The summed E-state index contributed by atoms with van der Waals surface area (Å²) in [7, 11) is 0. The minimum atomic E-state index is 0.631. The summed E-state index contributed by atoms with van der Waals surface area (Å²) in [5.41, 5.74) is 32.2. The van der Waals surface area contributed by atoms with Crippen LogP contribution in [-0.4, -0.2) is 56.9 Å². The van der Waals surface area contributed by atoms with Gasteiger partial charge in [0, 0.05) is 149 Å². The fraction of sp³-hybridized carbons (Fsp3) is 0. The lowest BCUT2D eigenvalue weighted by Crippen LogP contribution is -2.01. The van der Waals surface area contributed by atoms with Crippen LogP contribution in [0.5, 0.6) is 0 Å². The number of rotatable bonds is 13. The van der Waals surface area contributed by atoms with E-state index in [1.807, 2.05) is 72.8 Å². The molecule has 0 amide bonds. The van der Waals surface area contributed by atoms with Gasteiger partial charge in [-0.3, -0.25) is 0 Å². The molecule has 9 heterocycles. The summed E-state index contributed by atoms with van der Waals surface area (Å²) in [5.74, 6) is 2.61. The van der Waals surface area contributed by atoms with Crippen LogP contribution in [0.3, 0.4) is 0 Å². The average molecular weight is 1850 g/mol. The van der Waals surface area contributed by atoms with Gasteiger partial charge in [0.2, 0.25) is 0 Å². The molecule has 30 rings (SSSR count). The van der Waals surface area contributed by atoms with Gasteiger partial charge in [-0.15, -0.1) is 0 Å². The minimum Gasteiger partial charge on any atom is -0.309 e. The predicted molar refractivity (Wildman–Crippen MR) is 601 cm³/mol. The normalized spacial score (nSPS) is 11.7. The first-order valence-electron chi connectivity index (χ1n) is 49.2. The van der Waals surface area contributed by atoms with E-state index in [0.717, 1.165) is 89.9 Å². The molecule has 0 aliphatic heterocycles. The van der Waals surface area contributed by atoms with Crippen molar-refractivity contribution in [2.45, 2.75) is 0 Å². The Morgan fingerprint density at radius 3 is 0.641 bits per heavy atom. The molecular weight excluding hydrogens is 1770 g/mol. The predicted octanol–water partition coefficient (Wildman–Crippen LogP) is 33.7. The van der Waals surface area contributed by atoms with Gasteiger partial charge in [0.05, 0.1) is 88.6 Å². The second-order valence-electron chi connectivity index (χ2n) is 36.9. The second kappa shape index (κ2) is 34.7. The topological polar surface area (TPSA) is 99.0 Å². The lowest BCUT2D eigenvalue weighted by atomic mass is 10.1. The Labute approximate surface area is 833 Å². The van der Waals surface area contributed by atoms with Crippen LogP contribution in [0.1, 0.15) is 0 Å². The summed E-state index contributed by atoms with van der Waals surface area (Å²) in [6.45, 7) is 0. The van der Waals surface area contributed by atoms with E-state index >= 15 is 0 Å². The van der Waals surface area contributed by atoms with Gasteiger partial charge in [0.1, 0.15) is 0 Å². The molecule has 30 aromatic rings. The Balaban J connectivity index is 0.000000106. The van der Waals surface area contributed by atoms with Crippen molar-refractivity contribution in [3.63, 3.8) is 0 Å². The van der Waals surface area contributed by atoms with E-state index in [9.17, 15) is 0 Å². The van der Waals surface area contributed by atoms with Gasteiger partial charge >= 0.3 is 0 Å².